The molecule has 0 N–H and O–H groups in total. The highest BCUT2D eigenvalue weighted by molar-refractivity contribution is 7.04. The van der Waals surface area contributed by atoms with Crippen LogP contribution in [-0.4, -0.2) is 13.5 Å². The summed E-state index contributed by atoms with van der Waals surface area (Å²) in [6, 6.07) is 0.930. The molecule has 14 heavy (non-hydrogen) atoms. The molecule has 0 unspecified atom stereocenters. The number of hydrogen-bond acceptors (Lipinski definition) is 1. The largest absolute Gasteiger partial charge is 0.305 e. The number of unbranched alkanes of at least 4 members (excludes halogenated alkanes) is 3. The van der Waals surface area contributed by atoms with Crippen molar-refractivity contribution in [3.8, 4) is 0 Å². The molecule has 0 saturated heterocycles. The van der Waals surface area contributed by atoms with E-state index in [4.69, 9.17) is 0 Å². The number of hydrogen-bond donors (Lipinski definition) is 0. The Morgan fingerprint density at radius 3 is 2.43 bits per heavy atom. The van der Waals surface area contributed by atoms with Gasteiger partial charge in [0.2, 0.25) is 0 Å². The van der Waals surface area contributed by atoms with Gasteiger partial charge in [-0.25, -0.2) is 0 Å². The summed E-state index contributed by atoms with van der Waals surface area (Å²) >= 11 is 0. The van der Waals surface area contributed by atoms with Crippen LogP contribution in [0.2, 0.25) is 19.1 Å². The highest BCUT2D eigenvalue weighted by Gasteiger charge is 2.27. The molecule has 2 heteroatoms. The van der Waals surface area contributed by atoms with Crippen LogP contribution < -0.4 is 0 Å². The average Bonchev–Trinajstić information content (AvgIpc) is 2.12. The van der Waals surface area contributed by atoms with Crippen molar-refractivity contribution in [3.63, 3.8) is 0 Å². The lowest BCUT2D eigenvalue weighted by Crippen LogP contribution is -2.36. The molecule has 0 aromatic rings. The molecule has 82 valence electrons. The SMILES string of the molecule is C=CC[Si](C)(C)C(=O)CCCCCC. The minimum absolute atomic E-state index is 0.522. The Bertz CT molecular complexity index is 185. The van der Waals surface area contributed by atoms with Crippen molar-refractivity contribution in [1.82, 2.24) is 0 Å². The van der Waals surface area contributed by atoms with Crippen LogP contribution in [0, 0.1) is 0 Å². The van der Waals surface area contributed by atoms with Gasteiger partial charge in [0.1, 0.15) is 13.5 Å². The molecule has 0 fully saturated rings. The van der Waals surface area contributed by atoms with E-state index in [0.29, 0.717) is 5.41 Å². The Balaban J connectivity index is 3.77. The molecule has 0 atom stereocenters. The lowest BCUT2D eigenvalue weighted by Gasteiger charge is -2.18. The summed E-state index contributed by atoms with van der Waals surface area (Å²) in [4.78, 5) is 11.8. The Labute approximate surface area is 89.6 Å². The molecule has 0 aromatic heterocycles. The maximum Gasteiger partial charge on any atom is 0.130 e. The minimum atomic E-state index is -1.62. The van der Waals surface area contributed by atoms with Crippen LogP contribution in [0.5, 0.6) is 0 Å². The summed E-state index contributed by atoms with van der Waals surface area (Å²) in [5, 5.41) is 0.522. The van der Waals surface area contributed by atoms with Gasteiger partial charge in [-0.3, -0.25) is 0 Å². The molecule has 1 nitrogen and oxygen atoms in total. The monoisotopic (exact) mass is 212 g/mol. The van der Waals surface area contributed by atoms with E-state index in [2.05, 4.69) is 26.6 Å². The third-order valence-corrected chi connectivity index (χ3v) is 5.74. The normalized spacial score (nSPS) is 11.4. The molecular formula is C12H24OSi. The van der Waals surface area contributed by atoms with E-state index in [-0.39, 0.29) is 0 Å². The second-order valence-corrected chi connectivity index (χ2v) is 9.34. The molecule has 0 radical (unpaired) electrons. The predicted octanol–water partition coefficient (Wildman–Crippen LogP) is 3.96. The van der Waals surface area contributed by atoms with Gasteiger partial charge in [-0.15, -0.1) is 6.58 Å². The van der Waals surface area contributed by atoms with Gasteiger partial charge in [0.25, 0.3) is 0 Å². The van der Waals surface area contributed by atoms with Crippen molar-refractivity contribution >= 4 is 13.5 Å². The van der Waals surface area contributed by atoms with E-state index in [0.717, 1.165) is 18.9 Å². The fraction of sp³-hybridized carbons (Fsp3) is 0.750. The zero-order valence-electron chi connectivity index (χ0n) is 9.94. The molecule has 0 saturated carbocycles. The Morgan fingerprint density at radius 2 is 1.93 bits per heavy atom. The Morgan fingerprint density at radius 1 is 1.29 bits per heavy atom. The van der Waals surface area contributed by atoms with E-state index in [9.17, 15) is 4.79 Å². The van der Waals surface area contributed by atoms with Crippen molar-refractivity contribution in [2.24, 2.45) is 0 Å². The lowest BCUT2D eigenvalue weighted by atomic mass is 10.2. The van der Waals surface area contributed by atoms with E-state index in [1.807, 2.05) is 6.08 Å². The molecule has 0 aliphatic rings. The van der Waals surface area contributed by atoms with Gasteiger partial charge in [0.05, 0.1) is 0 Å². The van der Waals surface area contributed by atoms with Crippen molar-refractivity contribution in [2.45, 2.75) is 58.2 Å². The van der Waals surface area contributed by atoms with Crippen LogP contribution in [0.25, 0.3) is 0 Å². The van der Waals surface area contributed by atoms with Crippen LogP contribution in [0.3, 0.4) is 0 Å². The van der Waals surface area contributed by atoms with Gasteiger partial charge < -0.3 is 4.79 Å². The molecular weight excluding hydrogens is 188 g/mol. The van der Waals surface area contributed by atoms with Crippen molar-refractivity contribution in [1.29, 1.82) is 0 Å². The van der Waals surface area contributed by atoms with E-state index in [1.54, 1.807) is 0 Å². The third kappa shape index (κ3) is 5.38. The standard InChI is InChI=1S/C12H24OSi/c1-5-7-8-9-10-12(13)14(3,4)11-6-2/h6H,2,5,7-11H2,1,3-4H3. The molecule has 0 rings (SSSR count). The van der Waals surface area contributed by atoms with Gasteiger partial charge in [-0.1, -0.05) is 45.4 Å². The van der Waals surface area contributed by atoms with Crippen LogP contribution in [0.4, 0.5) is 0 Å². The molecule has 0 aromatic carbocycles. The number of allylic oxidation sites excluding steroid dienone is 1. The summed E-state index contributed by atoms with van der Waals surface area (Å²) in [6.45, 7) is 10.2. The highest BCUT2D eigenvalue weighted by atomic mass is 28.3. The molecule has 0 aliphatic carbocycles. The summed E-state index contributed by atoms with van der Waals surface area (Å²) in [7, 11) is -1.62. The number of carbonyl (C=O) groups excluding carboxylic acids is 1. The predicted molar refractivity (Wildman–Crippen MR) is 66.3 cm³/mol. The first kappa shape index (κ1) is 13.6. The Kier molecular flexibility index (Phi) is 6.80. The first-order valence-electron chi connectivity index (χ1n) is 5.68. The zero-order chi connectivity index (χ0) is 11.0. The van der Waals surface area contributed by atoms with Crippen LogP contribution in [0.1, 0.15) is 39.0 Å². The third-order valence-electron chi connectivity index (χ3n) is 2.67. The first-order chi connectivity index (χ1) is 6.54. The quantitative estimate of drug-likeness (QED) is 0.338. The highest BCUT2D eigenvalue weighted by Crippen LogP contribution is 2.15. The summed E-state index contributed by atoms with van der Waals surface area (Å²) < 4.78 is 0. The van der Waals surface area contributed by atoms with Gasteiger partial charge >= 0.3 is 0 Å². The topological polar surface area (TPSA) is 17.1 Å². The fourth-order valence-corrected chi connectivity index (χ4v) is 3.33. The summed E-state index contributed by atoms with van der Waals surface area (Å²) in [5.41, 5.74) is 0. The summed E-state index contributed by atoms with van der Waals surface area (Å²) in [6.07, 6.45) is 7.49. The van der Waals surface area contributed by atoms with Gasteiger partial charge in [0.15, 0.2) is 0 Å². The molecule has 0 amide bonds. The number of carbonyl (C=O) groups is 1. The molecule has 0 heterocycles. The maximum absolute atomic E-state index is 11.8. The van der Waals surface area contributed by atoms with Gasteiger partial charge in [0, 0.05) is 6.42 Å². The van der Waals surface area contributed by atoms with Crippen molar-refractivity contribution in [2.75, 3.05) is 0 Å². The lowest BCUT2D eigenvalue weighted by molar-refractivity contribution is -0.112. The van der Waals surface area contributed by atoms with Crippen LogP contribution >= 0.6 is 0 Å². The van der Waals surface area contributed by atoms with E-state index < -0.39 is 8.07 Å². The minimum Gasteiger partial charge on any atom is -0.305 e. The Hall–Kier alpha value is -0.373. The zero-order valence-corrected chi connectivity index (χ0v) is 10.9. The van der Waals surface area contributed by atoms with Gasteiger partial charge in [-0.2, -0.15) is 0 Å². The maximum atomic E-state index is 11.8. The number of rotatable bonds is 8. The molecule has 0 aliphatic heterocycles. The molecule has 0 spiro atoms. The van der Waals surface area contributed by atoms with E-state index in [1.165, 1.54) is 19.3 Å². The smallest absolute Gasteiger partial charge is 0.130 e. The first-order valence-corrected chi connectivity index (χ1v) is 8.89. The molecule has 0 bridgehead atoms. The summed E-state index contributed by atoms with van der Waals surface area (Å²) in [5.74, 6) is 0. The second-order valence-electron chi connectivity index (χ2n) is 4.61. The average molecular weight is 212 g/mol. The van der Waals surface area contributed by atoms with Crippen LogP contribution in [-0.2, 0) is 4.79 Å². The fourth-order valence-electron chi connectivity index (χ4n) is 1.53. The van der Waals surface area contributed by atoms with Crippen molar-refractivity contribution < 1.29 is 4.79 Å². The van der Waals surface area contributed by atoms with Crippen LogP contribution in [0.15, 0.2) is 12.7 Å². The van der Waals surface area contributed by atoms with E-state index >= 15 is 0 Å². The second kappa shape index (κ2) is 6.99. The van der Waals surface area contributed by atoms with Gasteiger partial charge in [-0.05, 0) is 12.5 Å². The van der Waals surface area contributed by atoms with Crippen molar-refractivity contribution in [3.05, 3.63) is 12.7 Å².